The number of hydrogen-bond acceptors (Lipinski definition) is 4. The van der Waals surface area contributed by atoms with Gasteiger partial charge < -0.3 is 14.9 Å². The Kier molecular flexibility index (Phi) is 3.67. The number of aromatic nitrogens is 1. The van der Waals surface area contributed by atoms with Gasteiger partial charge in [-0.05, 0) is 29.7 Å². The minimum Gasteiger partial charge on any atom is -0.496 e. The van der Waals surface area contributed by atoms with Crippen LogP contribution in [0.3, 0.4) is 0 Å². The molecule has 1 aromatic heterocycles. The van der Waals surface area contributed by atoms with Crippen LogP contribution >= 0.6 is 0 Å². The van der Waals surface area contributed by atoms with Gasteiger partial charge in [0.2, 0.25) is 5.89 Å². The number of ether oxygens (including phenoxy) is 1. The van der Waals surface area contributed by atoms with Crippen LogP contribution in [0.5, 0.6) is 5.75 Å². The zero-order valence-electron chi connectivity index (χ0n) is 10.9. The van der Waals surface area contributed by atoms with Crippen LogP contribution in [0, 0.1) is 0 Å². The van der Waals surface area contributed by atoms with Crippen molar-refractivity contribution in [2.24, 2.45) is 5.73 Å². The molecule has 0 radical (unpaired) electrons. The quantitative estimate of drug-likeness (QED) is 0.901. The highest BCUT2D eigenvalue weighted by atomic mass is 16.5. The molecule has 0 aliphatic carbocycles. The molecule has 0 bridgehead atoms. The lowest BCUT2D eigenvalue weighted by atomic mass is 9.98. The van der Waals surface area contributed by atoms with Gasteiger partial charge in [0.1, 0.15) is 17.7 Å². The molecule has 1 aromatic carbocycles. The monoisotopic (exact) mass is 246 g/mol. The molecule has 0 saturated carbocycles. The van der Waals surface area contributed by atoms with Gasteiger partial charge in [-0.3, -0.25) is 0 Å². The number of benzene rings is 1. The third kappa shape index (κ3) is 2.38. The largest absolute Gasteiger partial charge is 0.496 e. The van der Waals surface area contributed by atoms with Crippen molar-refractivity contribution in [1.82, 2.24) is 4.98 Å². The first-order valence-electron chi connectivity index (χ1n) is 5.98. The maximum atomic E-state index is 5.49. The summed E-state index contributed by atoms with van der Waals surface area (Å²) in [4.78, 5) is 4.32. The van der Waals surface area contributed by atoms with Crippen LogP contribution in [-0.2, 0) is 6.54 Å². The van der Waals surface area contributed by atoms with Crippen molar-refractivity contribution in [3.63, 3.8) is 0 Å². The lowest BCUT2D eigenvalue weighted by Crippen LogP contribution is -1.96. The molecule has 1 heterocycles. The van der Waals surface area contributed by atoms with E-state index in [9.17, 15) is 0 Å². The Hall–Kier alpha value is -1.81. The lowest BCUT2D eigenvalue weighted by molar-refractivity contribution is 0.407. The molecular formula is C14H18N2O2. The number of nitrogens with zero attached hydrogens (tertiary/aromatic N) is 1. The third-order valence-corrected chi connectivity index (χ3v) is 2.87. The van der Waals surface area contributed by atoms with Gasteiger partial charge in [-0.25, -0.2) is 4.98 Å². The van der Waals surface area contributed by atoms with E-state index < -0.39 is 0 Å². The fourth-order valence-corrected chi connectivity index (χ4v) is 1.88. The molecule has 96 valence electrons. The summed E-state index contributed by atoms with van der Waals surface area (Å²) in [6.07, 6.45) is 1.63. The average Bonchev–Trinajstić information content (AvgIpc) is 2.86. The number of rotatable bonds is 4. The fourth-order valence-electron chi connectivity index (χ4n) is 1.88. The minimum atomic E-state index is 0.313. The molecule has 2 rings (SSSR count). The molecule has 2 N–H and O–H groups in total. The molecule has 0 spiro atoms. The van der Waals surface area contributed by atoms with Gasteiger partial charge in [0.25, 0.3) is 0 Å². The second-order valence-electron chi connectivity index (χ2n) is 4.44. The molecule has 2 aromatic rings. The number of hydrogen-bond donors (Lipinski definition) is 1. The minimum absolute atomic E-state index is 0.313. The molecule has 0 aliphatic rings. The van der Waals surface area contributed by atoms with Gasteiger partial charge in [-0.2, -0.15) is 0 Å². The van der Waals surface area contributed by atoms with Crippen LogP contribution in [0.25, 0.3) is 11.3 Å². The smallest absolute Gasteiger partial charge is 0.208 e. The van der Waals surface area contributed by atoms with E-state index in [0.717, 1.165) is 22.6 Å². The summed E-state index contributed by atoms with van der Waals surface area (Å²) in [6, 6.07) is 6.02. The second-order valence-corrected chi connectivity index (χ2v) is 4.44. The standard InChI is InChI=1S/C14H18N2O2/c1-9(2)11-6-10(4-5-13(11)17-3)12-8-18-14(7-15)16-12/h4-6,8-9H,7,15H2,1-3H3. The molecule has 0 aliphatic heterocycles. The molecule has 4 heteroatoms. The van der Waals surface area contributed by atoms with E-state index in [-0.39, 0.29) is 0 Å². The molecule has 0 amide bonds. The van der Waals surface area contributed by atoms with Crippen LogP contribution in [0.2, 0.25) is 0 Å². The molecule has 0 atom stereocenters. The van der Waals surface area contributed by atoms with E-state index in [0.29, 0.717) is 18.4 Å². The maximum Gasteiger partial charge on any atom is 0.208 e. The van der Waals surface area contributed by atoms with Crippen LogP contribution in [0.1, 0.15) is 31.2 Å². The van der Waals surface area contributed by atoms with E-state index in [1.165, 1.54) is 0 Å². The first kappa shape index (κ1) is 12.6. The van der Waals surface area contributed by atoms with Gasteiger partial charge in [0.15, 0.2) is 0 Å². The van der Waals surface area contributed by atoms with Gasteiger partial charge in [-0.15, -0.1) is 0 Å². The van der Waals surface area contributed by atoms with Crippen LogP contribution in [0.4, 0.5) is 0 Å². The Bertz CT molecular complexity index is 532. The fraction of sp³-hybridized carbons (Fsp3) is 0.357. The average molecular weight is 246 g/mol. The molecule has 4 nitrogen and oxygen atoms in total. The molecule has 0 fully saturated rings. The van der Waals surface area contributed by atoms with Crippen molar-refractivity contribution in [1.29, 1.82) is 0 Å². The Balaban J connectivity index is 2.42. The summed E-state index contributed by atoms with van der Waals surface area (Å²) in [6.45, 7) is 4.58. The van der Waals surface area contributed by atoms with E-state index in [1.807, 2.05) is 12.1 Å². The summed E-state index contributed by atoms with van der Waals surface area (Å²) >= 11 is 0. The topological polar surface area (TPSA) is 61.3 Å². The summed E-state index contributed by atoms with van der Waals surface area (Å²) in [5.74, 6) is 1.84. The van der Waals surface area contributed by atoms with Crippen molar-refractivity contribution < 1.29 is 9.15 Å². The summed E-state index contributed by atoms with van der Waals surface area (Å²) < 4.78 is 10.6. The highest BCUT2D eigenvalue weighted by Crippen LogP contribution is 2.31. The summed E-state index contributed by atoms with van der Waals surface area (Å²) in [7, 11) is 1.68. The second kappa shape index (κ2) is 5.23. The maximum absolute atomic E-state index is 5.49. The van der Waals surface area contributed by atoms with E-state index in [4.69, 9.17) is 14.9 Å². The Morgan fingerprint density at radius 2 is 2.17 bits per heavy atom. The molecule has 0 unspecified atom stereocenters. The SMILES string of the molecule is COc1ccc(-c2coc(CN)n2)cc1C(C)C. The highest BCUT2D eigenvalue weighted by molar-refractivity contribution is 5.61. The van der Waals surface area contributed by atoms with E-state index >= 15 is 0 Å². The van der Waals surface area contributed by atoms with Gasteiger partial charge in [0, 0.05) is 5.56 Å². The summed E-state index contributed by atoms with van der Waals surface area (Å²) in [5.41, 5.74) is 8.47. The van der Waals surface area contributed by atoms with Crippen molar-refractivity contribution in [3.05, 3.63) is 35.9 Å². The zero-order valence-corrected chi connectivity index (χ0v) is 10.9. The first-order chi connectivity index (χ1) is 8.65. The predicted octanol–water partition coefficient (Wildman–Crippen LogP) is 2.93. The van der Waals surface area contributed by atoms with Gasteiger partial charge in [-0.1, -0.05) is 13.8 Å². The van der Waals surface area contributed by atoms with Crippen molar-refractivity contribution in [2.45, 2.75) is 26.3 Å². The van der Waals surface area contributed by atoms with Crippen molar-refractivity contribution >= 4 is 0 Å². The highest BCUT2D eigenvalue weighted by Gasteiger charge is 2.11. The molecule has 18 heavy (non-hydrogen) atoms. The van der Waals surface area contributed by atoms with E-state index in [2.05, 4.69) is 24.9 Å². The zero-order chi connectivity index (χ0) is 13.1. The van der Waals surface area contributed by atoms with Crippen molar-refractivity contribution in [2.75, 3.05) is 7.11 Å². The molecule has 0 saturated heterocycles. The number of nitrogens with two attached hydrogens (primary N) is 1. The first-order valence-corrected chi connectivity index (χ1v) is 5.98. The van der Waals surface area contributed by atoms with Crippen molar-refractivity contribution in [3.8, 4) is 17.0 Å². The number of methoxy groups -OCH3 is 1. The molecular weight excluding hydrogens is 228 g/mol. The lowest BCUT2D eigenvalue weighted by Gasteiger charge is -2.12. The Labute approximate surface area is 107 Å². The van der Waals surface area contributed by atoms with Crippen LogP contribution in [-0.4, -0.2) is 12.1 Å². The van der Waals surface area contributed by atoms with Gasteiger partial charge >= 0.3 is 0 Å². The van der Waals surface area contributed by atoms with E-state index in [1.54, 1.807) is 13.4 Å². The Morgan fingerprint density at radius 3 is 2.72 bits per heavy atom. The van der Waals surface area contributed by atoms with Gasteiger partial charge in [0.05, 0.1) is 13.7 Å². The van der Waals surface area contributed by atoms with Crippen LogP contribution in [0.15, 0.2) is 28.9 Å². The number of oxazole rings is 1. The van der Waals surface area contributed by atoms with Crippen LogP contribution < -0.4 is 10.5 Å². The third-order valence-electron chi connectivity index (χ3n) is 2.87. The normalized spacial score (nSPS) is 10.9. The predicted molar refractivity (Wildman–Crippen MR) is 70.5 cm³/mol. The summed E-state index contributed by atoms with van der Waals surface area (Å²) in [5, 5.41) is 0. The Morgan fingerprint density at radius 1 is 1.39 bits per heavy atom.